The number of carbonyl (C=O) groups is 2. The summed E-state index contributed by atoms with van der Waals surface area (Å²) in [6, 6.07) is 19.8. The fourth-order valence-corrected chi connectivity index (χ4v) is 4.66. The number of aliphatic hydroxyl groups is 1. The monoisotopic (exact) mass is 498 g/mol. The van der Waals surface area contributed by atoms with E-state index >= 15 is 0 Å². The van der Waals surface area contributed by atoms with Gasteiger partial charge in [0.1, 0.15) is 11.5 Å². The maximum absolute atomic E-state index is 13.5. The van der Waals surface area contributed by atoms with Crippen LogP contribution in [0.4, 0.5) is 11.4 Å². The summed E-state index contributed by atoms with van der Waals surface area (Å²) in [7, 11) is 3.90. The predicted molar refractivity (Wildman–Crippen MR) is 148 cm³/mol. The lowest BCUT2D eigenvalue weighted by atomic mass is 9.93. The Labute approximate surface area is 218 Å². The minimum atomic E-state index is -0.770. The van der Waals surface area contributed by atoms with Gasteiger partial charge in [-0.25, -0.2) is 0 Å². The van der Waals surface area contributed by atoms with Crippen LogP contribution in [0.1, 0.15) is 55.0 Å². The van der Waals surface area contributed by atoms with Crippen molar-refractivity contribution in [2.45, 2.75) is 39.7 Å². The molecule has 0 bridgehead atoms. The van der Waals surface area contributed by atoms with Crippen molar-refractivity contribution in [3.8, 4) is 5.75 Å². The predicted octanol–water partition coefficient (Wildman–Crippen LogP) is 6.21. The Hall–Kier alpha value is -4.06. The highest BCUT2D eigenvalue weighted by Gasteiger charge is 2.47. The van der Waals surface area contributed by atoms with Crippen molar-refractivity contribution < 1.29 is 19.4 Å². The van der Waals surface area contributed by atoms with Crippen LogP contribution < -0.4 is 14.5 Å². The summed E-state index contributed by atoms with van der Waals surface area (Å²) in [6.45, 7) is 8.50. The number of amides is 1. The number of aryl methyl sites for hydroxylation is 1. The molecule has 1 N–H and O–H groups in total. The largest absolute Gasteiger partial charge is 0.507 e. The smallest absolute Gasteiger partial charge is 0.300 e. The molecule has 0 radical (unpaired) electrons. The number of Topliss-reactive ketones (excluding diaryl/α,β-unsaturated/α-hetero) is 1. The van der Waals surface area contributed by atoms with Crippen LogP contribution in [0.15, 0.2) is 72.3 Å². The zero-order valence-corrected chi connectivity index (χ0v) is 22.3. The summed E-state index contributed by atoms with van der Waals surface area (Å²) in [5.41, 5.74) is 4.84. The molecule has 1 aliphatic rings. The molecule has 37 heavy (non-hydrogen) atoms. The summed E-state index contributed by atoms with van der Waals surface area (Å²) >= 11 is 0. The van der Waals surface area contributed by atoms with Gasteiger partial charge in [-0.2, -0.15) is 0 Å². The van der Waals surface area contributed by atoms with Crippen LogP contribution in [0, 0.1) is 6.92 Å². The van der Waals surface area contributed by atoms with E-state index in [4.69, 9.17) is 4.74 Å². The molecule has 1 unspecified atom stereocenters. The molecular formula is C31H34N2O4. The van der Waals surface area contributed by atoms with Gasteiger partial charge in [-0.1, -0.05) is 43.7 Å². The third-order valence-electron chi connectivity index (χ3n) is 6.69. The average molecular weight is 499 g/mol. The standard InChI is InChI=1S/C31H34N2O4/c1-7-37-26-17-12-22(18-25(26)19(2)3)29(34)27-28(21-10-15-23(16-11-21)32(5)6)33(31(36)30(27)35)24-13-8-20(4)9-14-24/h8-19,28,34H,7H2,1-6H3/b29-27-. The van der Waals surface area contributed by atoms with E-state index in [9.17, 15) is 14.7 Å². The van der Waals surface area contributed by atoms with Crippen molar-refractivity contribution in [3.05, 3.63) is 94.6 Å². The average Bonchev–Trinajstić information content (AvgIpc) is 3.14. The number of ether oxygens (including phenoxy) is 1. The van der Waals surface area contributed by atoms with Gasteiger partial charge in [-0.05, 0) is 73.4 Å². The van der Waals surface area contributed by atoms with E-state index in [2.05, 4.69) is 0 Å². The molecule has 1 atom stereocenters. The first-order valence-electron chi connectivity index (χ1n) is 12.6. The fourth-order valence-electron chi connectivity index (χ4n) is 4.66. The van der Waals surface area contributed by atoms with Crippen LogP contribution in [0.3, 0.4) is 0 Å². The van der Waals surface area contributed by atoms with Crippen molar-refractivity contribution in [2.75, 3.05) is 30.5 Å². The number of benzene rings is 3. The van der Waals surface area contributed by atoms with E-state index in [0.29, 0.717) is 17.9 Å². The van der Waals surface area contributed by atoms with E-state index in [1.165, 1.54) is 4.90 Å². The van der Waals surface area contributed by atoms with E-state index in [-0.39, 0.29) is 17.3 Å². The van der Waals surface area contributed by atoms with Gasteiger partial charge in [0.05, 0.1) is 18.2 Å². The van der Waals surface area contributed by atoms with Gasteiger partial charge < -0.3 is 14.7 Å². The van der Waals surface area contributed by atoms with E-state index in [1.54, 1.807) is 6.07 Å². The molecular weight excluding hydrogens is 464 g/mol. The molecule has 3 aromatic carbocycles. The maximum Gasteiger partial charge on any atom is 0.300 e. The van der Waals surface area contributed by atoms with Crippen LogP contribution in [-0.4, -0.2) is 37.5 Å². The minimum Gasteiger partial charge on any atom is -0.507 e. The highest BCUT2D eigenvalue weighted by molar-refractivity contribution is 6.51. The maximum atomic E-state index is 13.5. The van der Waals surface area contributed by atoms with Gasteiger partial charge in [-0.3, -0.25) is 14.5 Å². The first-order chi connectivity index (χ1) is 17.6. The number of rotatable bonds is 7. The minimum absolute atomic E-state index is 0.0713. The molecule has 0 saturated carbocycles. The fraction of sp³-hybridized carbons (Fsp3) is 0.290. The molecule has 1 aliphatic heterocycles. The first kappa shape index (κ1) is 26.0. The van der Waals surface area contributed by atoms with Gasteiger partial charge >= 0.3 is 0 Å². The topological polar surface area (TPSA) is 70.1 Å². The van der Waals surface area contributed by atoms with Gasteiger partial charge in [0, 0.05) is 31.0 Å². The van der Waals surface area contributed by atoms with Crippen LogP contribution in [0.2, 0.25) is 0 Å². The third kappa shape index (κ3) is 4.96. The number of carbonyl (C=O) groups excluding carboxylic acids is 2. The number of ketones is 1. The van der Waals surface area contributed by atoms with E-state index in [0.717, 1.165) is 28.1 Å². The van der Waals surface area contributed by atoms with Crippen molar-refractivity contribution >= 4 is 28.8 Å². The molecule has 1 heterocycles. The zero-order valence-electron chi connectivity index (χ0n) is 22.3. The van der Waals surface area contributed by atoms with Crippen molar-refractivity contribution in [3.63, 3.8) is 0 Å². The summed E-state index contributed by atoms with van der Waals surface area (Å²) in [5, 5.41) is 11.5. The number of aliphatic hydroxyl groups excluding tert-OH is 1. The Morgan fingerprint density at radius 1 is 1.00 bits per heavy atom. The Morgan fingerprint density at radius 2 is 1.65 bits per heavy atom. The van der Waals surface area contributed by atoms with Crippen molar-refractivity contribution in [1.29, 1.82) is 0 Å². The van der Waals surface area contributed by atoms with E-state index < -0.39 is 17.7 Å². The second-order valence-electron chi connectivity index (χ2n) is 9.83. The molecule has 1 saturated heterocycles. The quantitative estimate of drug-likeness (QED) is 0.238. The highest BCUT2D eigenvalue weighted by Crippen LogP contribution is 2.43. The van der Waals surface area contributed by atoms with E-state index in [1.807, 2.05) is 107 Å². The second kappa shape index (κ2) is 10.5. The number of nitrogens with zero attached hydrogens (tertiary/aromatic N) is 2. The van der Waals surface area contributed by atoms with Crippen LogP contribution >= 0.6 is 0 Å². The summed E-state index contributed by atoms with van der Waals surface area (Å²) in [5.74, 6) is -0.690. The number of hydrogen-bond acceptors (Lipinski definition) is 5. The number of hydrogen-bond donors (Lipinski definition) is 1. The lowest BCUT2D eigenvalue weighted by Crippen LogP contribution is -2.29. The Bertz CT molecular complexity index is 1340. The van der Waals surface area contributed by atoms with Gasteiger partial charge in [0.2, 0.25) is 0 Å². The molecule has 0 aliphatic carbocycles. The lowest BCUT2D eigenvalue weighted by Gasteiger charge is -2.26. The third-order valence-corrected chi connectivity index (χ3v) is 6.69. The normalized spacial score (nSPS) is 16.9. The Kier molecular flexibility index (Phi) is 7.39. The van der Waals surface area contributed by atoms with Crippen LogP contribution in [-0.2, 0) is 9.59 Å². The molecule has 6 heteroatoms. The summed E-state index contributed by atoms with van der Waals surface area (Å²) in [6.07, 6.45) is 0. The number of anilines is 2. The Balaban J connectivity index is 1.92. The molecule has 192 valence electrons. The first-order valence-corrected chi connectivity index (χ1v) is 12.6. The lowest BCUT2D eigenvalue weighted by molar-refractivity contribution is -0.132. The second-order valence-corrected chi connectivity index (χ2v) is 9.83. The molecule has 3 aromatic rings. The summed E-state index contributed by atoms with van der Waals surface area (Å²) in [4.78, 5) is 30.4. The molecule has 0 aromatic heterocycles. The zero-order chi connectivity index (χ0) is 26.9. The van der Waals surface area contributed by atoms with Crippen LogP contribution in [0.5, 0.6) is 5.75 Å². The molecule has 4 rings (SSSR count). The van der Waals surface area contributed by atoms with Crippen molar-refractivity contribution in [2.24, 2.45) is 0 Å². The molecule has 1 amide bonds. The SMILES string of the molecule is CCOc1ccc(/C(O)=C2/C(=O)C(=O)N(c3ccc(C)cc3)C2c2ccc(N(C)C)cc2)cc1C(C)C. The summed E-state index contributed by atoms with van der Waals surface area (Å²) < 4.78 is 5.77. The Morgan fingerprint density at radius 3 is 2.22 bits per heavy atom. The van der Waals surface area contributed by atoms with Gasteiger partial charge in [-0.15, -0.1) is 0 Å². The molecule has 6 nitrogen and oxygen atoms in total. The van der Waals surface area contributed by atoms with Crippen molar-refractivity contribution in [1.82, 2.24) is 0 Å². The van der Waals surface area contributed by atoms with Gasteiger partial charge in [0.15, 0.2) is 0 Å². The molecule has 1 fully saturated rings. The highest BCUT2D eigenvalue weighted by atomic mass is 16.5. The van der Waals surface area contributed by atoms with Gasteiger partial charge in [0.25, 0.3) is 11.7 Å². The van der Waals surface area contributed by atoms with Crippen LogP contribution in [0.25, 0.3) is 5.76 Å². The molecule has 0 spiro atoms.